The van der Waals surface area contributed by atoms with Crippen LogP contribution in [0.2, 0.25) is 0 Å². The molecule has 21 heavy (non-hydrogen) atoms. The lowest BCUT2D eigenvalue weighted by Crippen LogP contribution is -2.40. The highest BCUT2D eigenvalue weighted by atomic mass is 16.3. The Morgan fingerprint density at radius 1 is 1.33 bits per heavy atom. The number of primary amides is 1. The van der Waals surface area contributed by atoms with Crippen LogP contribution in [0, 0.1) is 5.92 Å². The maximum atomic E-state index is 10.7. The van der Waals surface area contributed by atoms with Crippen LogP contribution in [0.4, 0.5) is 0 Å². The van der Waals surface area contributed by atoms with Gasteiger partial charge in [0.25, 0.3) is 0 Å². The van der Waals surface area contributed by atoms with E-state index < -0.39 is 6.10 Å². The van der Waals surface area contributed by atoms with Crippen LogP contribution in [-0.2, 0) is 4.79 Å². The number of nitrogens with one attached hydrogen (secondary N) is 1. The summed E-state index contributed by atoms with van der Waals surface area (Å²) in [6.07, 6.45) is 1.76. The number of benzene rings is 1. The van der Waals surface area contributed by atoms with Crippen molar-refractivity contribution < 1.29 is 9.90 Å². The summed E-state index contributed by atoms with van der Waals surface area (Å²) in [6.45, 7) is 3.77. The van der Waals surface area contributed by atoms with E-state index in [-0.39, 0.29) is 12.5 Å². The van der Waals surface area contributed by atoms with E-state index in [4.69, 9.17) is 5.73 Å². The maximum Gasteiger partial charge on any atom is 0.231 e. The van der Waals surface area contributed by atoms with Crippen molar-refractivity contribution in [1.29, 1.82) is 0 Å². The lowest BCUT2D eigenvalue weighted by Gasteiger charge is -2.33. The molecule has 5 nitrogen and oxygen atoms in total. The van der Waals surface area contributed by atoms with Gasteiger partial charge in [-0.25, -0.2) is 0 Å². The number of β-amino-alcohol motifs (C(OH)–C–C–N with tert-alkyl or cyclic N) is 1. The minimum Gasteiger partial charge on any atom is -0.387 e. The van der Waals surface area contributed by atoms with Crippen molar-refractivity contribution in [1.82, 2.24) is 10.2 Å². The van der Waals surface area contributed by atoms with E-state index >= 15 is 0 Å². The second kappa shape index (κ2) is 8.12. The number of aliphatic hydroxyl groups excluding tert-OH is 1. The monoisotopic (exact) mass is 291 g/mol. The van der Waals surface area contributed by atoms with Gasteiger partial charge in [0.05, 0.1) is 12.6 Å². The van der Waals surface area contributed by atoms with Gasteiger partial charge in [-0.15, -0.1) is 0 Å². The quantitative estimate of drug-likeness (QED) is 0.684. The van der Waals surface area contributed by atoms with E-state index in [0.717, 1.165) is 38.0 Å². The summed E-state index contributed by atoms with van der Waals surface area (Å²) < 4.78 is 0. The minimum atomic E-state index is -0.421. The Morgan fingerprint density at radius 2 is 2.00 bits per heavy atom. The number of amides is 1. The van der Waals surface area contributed by atoms with Crippen LogP contribution in [0.5, 0.6) is 0 Å². The Labute approximate surface area is 126 Å². The van der Waals surface area contributed by atoms with E-state index in [2.05, 4.69) is 10.2 Å². The van der Waals surface area contributed by atoms with E-state index in [1.165, 1.54) is 0 Å². The number of carbonyl (C=O) groups is 1. The van der Waals surface area contributed by atoms with Crippen LogP contribution in [0.25, 0.3) is 0 Å². The first-order valence-electron chi connectivity index (χ1n) is 7.59. The topological polar surface area (TPSA) is 78.6 Å². The molecular weight excluding hydrogens is 266 g/mol. The molecule has 0 radical (unpaired) electrons. The first-order chi connectivity index (χ1) is 10.1. The fourth-order valence-electron chi connectivity index (χ4n) is 2.80. The smallest absolute Gasteiger partial charge is 0.231 e. The molecule has 2 rings (SSSR count). The highest BCUT2D eigenvalue weighted by molar-refractivity contribution is 5.75. The van der Waals surface area contributed by atoms with E-state index in [9.17, 15) is 9.90 Å². The van der Waals surface area contributed by atoms with Gasteiger partial charge in [-0.2, -0.15) is 0 Å². The van der Waals surface area contributed by atoms with Gasteiger partial charge in [0, 0.05) is 6.54 Å². The molecule has 0 aromatic heterocycles. The fourth-order valence-corrected chi connectivity index (χ4v) is 2.80. The Hall–Kier alpha value is -1.43. The summed E-state index contributed by atoms with van der Waals surface area (Å²) in [5, 5.41) is 13.3. The zero-order chi connectivity index (χ0) is 15.1. The van der Waals surface area contributed by atoms with Crippen molar-refractivity contribution >= 4 is 5.91 Å². The predicted octanol–water partition coefficient (Wildman–Crippen LogP) is 0.507. The zero-order valence-corrected chi connectivity index (χ0v) is 12.4. The van der Waals surface area contributed by atoms with Crippen LogP contribution in [0.15, 0.2) is 30.3 Å². The van der Waals surface area contributed by atoms with Crippen LogP contribution >= 0.6 is 0 Å². The van der Waals surface area contributed by atoms with E-state index in [1.54, 1.807) is 0 Å². The SMILES string of the molecule is NC(=O)CNCC1CCN(CC(O)c2ccccc2)CC1. The Kier molecular flexibility index (Phi) is 6.17. The van der Waals surface area contributed by atoms with Gasteiger partial charge in [-0.1, -0.05) is 30.3 Å². The number of piperidine rings is 1. The van der Waals surface area contributed by atoms with Crippen molar-refractivity contribution in [2.24, 2.45) is 11.7 Å². The molecule has 1 aromatic rings. The van der Waals surface area contributed by atoms with Crippen LogP contribution in [0.1, 0.15) is 24.5 Å². The first-order valence-corrected chi connectivity index (χ1v) is 7.59. The second-order valence-electron chi connectivity index (χ2n) is 5.77. The molecule has 4 N–H and O–H groups in total. The molecule has 1 heterocycles. The highest BCUT2D eigenvalue weighted by Crippen LogP contribution is 2.20. The third kappa shape index (κ3) is 5.46. The van der Waals surface area contributed by atoms with Gasteiger partial charge in [-0.3, -0.25) is 4.79 Å². The summed E-state index contributed by atoms with van der Waals surface area (Å²) in [5.41, 5.74) is 6.08. The molecule has 1 aliphatic heterocycles. The van der Waals surface area contributed by atoms with Gasteiger partial charge in [0.1, 0.15) is 0 Å². The summed E-state index contributed by atoms with van der Waals surface area (Å²) in [6, 6.07) is 9.79. The van der Waals surface area contributed by atoms with Crippen LogP contribution in [-0.4, -0.2) is 48.6 Å². The van der Waals surface area contributed by atoms with Crippen molar-refractivity contribution in [3.63, 3.8) is 0 Å². The third-order valence-electron chi connectivity index (χ3n) is 4.05. The largest absolute Gasteiger partial charge is 0.387 e. The lowest BCUT2D eigenvalue weighted by atomic mass is 9.96. The normalized spacial score (nSPS) is 18.5. The predicted molar refractivity (Wildman–Crippen MR) is 82.6 cm³/mol. The molecule has 1 fully saturated rings. The van der Waals surface area contributed by atoms with Crippen LogP contribution < -0.4 is 11.1 Å². The number of carbonyl (C=O) groups excluding carboxylic acids is 1. The van der Waals surface area contributed by atoms with Gasteiger partial charge in [0.15, 0.2) is 0 Å². The standard InChI is InChI=1S/C16H25N3O2/c17-16(21)11-18-10-13-6-8-19(9-7-13)12-15(20)14-4-2-1-3-5-14/h1-5,13,15,18,20H,6-12H2,(H2,17,21). The fraction of sp³-hybridized carbons (Fsp3) is 0.562. The summed E-state index contributed by atoms with van der Waals surface area (Å²) in [4.78, 5) is 13.0. The maximum absolute atomic E-state index is 10.7. The molecule has 1 saturated heterocycles. The number of rotatable bonds is 7. The summed E-state index contributed by atoms with van der Waals surface area (Å²) in [5.74, 6) is 0.285. The van der Waals surface area contributed by atoms with E-state index in [1.807, 2.05) is 30.3 Å². The van der Waals surface area contributed by atoms with Crippen molar-refractivity contribution in [3.05, 3.63) is 35.9 Å². The lowest BCUT2D eigenvalue weighted by molar-refractivity contribution is -0.117. The molecule has 1 aliphatic rings. The van der Waals surface area contributed by atoms with Gasteiger partial charge >= 0.3 is 0 Å². The highest BCUT2D eigenvalue weighted by Gasteiger charge is 2.21. The molecule has 5 heteroatoms. The zero-order valence-electron chi connectivity index (χ0n) is 12.4. The average Bonchev–Trinajstić information content (AvgIpc) is 2.49. The molecule has 1 atom stereocenters. The second-order valence-corrected chi connectivity index (χ2v) is 5.77. The first kappa shape index (κ1) is 15.9. The minimum absolute atomic E-state index is 0.257. The molecule has 1 amide bonds. The number of hydrogen-bond acceptors (Lipinski definition) is 4. The molecular formula is C16H25N3O2. The van der Waals surface area contributed by atoms with Crippen molar-refractivity contribution in [3.8, 4) is 0 Å². The van der Waals surface area contributed by atoms with Crippen LogP contribution in [0.3, 0.4) is 0 Å². The number of nitrogens with two attached hydrogens (primary N) is 1. The van der Waals surface area contributed by atoms with Crippen molar-refractivity contribution in [2.75, 3.05) is 32.7 Å². The molecule has 0 aliphatic carbocycles. The Morgan fingerprint density at radius 3 is 2.62 bits per heavy atom. The molecule has 0 bridgehead atoms. The number of hydrogen-bond donors (Lipinski definition) is 3. The average molecular weight is 291 g/mol. The third-order valence-corrected chi connectivity index (χ3v) is 4.05. The number of likely N-dealkylation sites (tertiary alicyclic amines) is 1. The van der Waals surface area contributed by atoms with Gasteiger partial charge < -0.3 is 21.1 Å². The van der Waals surface area contributed by atoms with Gasteiger partial charge in [-0.05, 0) is 44.0 Å². The Bertz CT molecular complexity index is 430. The number of aliphatic hydroxyl groups is 1. The van der Waals surface area contributed by atoms with Gasteiger partial charge in [0.2, 0.25) is 5.91 Å². The molecule has 0 spiro atoms. The number of nitrogens with zero attached hydrogens (tertiary/aromatic N) is 1. The summed E-state index contributed by atoms with van der Waals surface area (Å²) >= 11 is 0. The molecule has 0 saturated carbocycles. The molecule has 1 unspecified atom stereocenters. The molecule has 1 aromatic carbocycles. The van der Waals surface area contributed by atoms with Crippen molar-refractivity contribution in [2.45, 2.75) is 18.9 Å². The Balaban J connectivity index is 1.68. The molecule has 116 valence electrons. The van der Waals surface area contributed by atoms with E-state index in [0.29, 0.717) is 12.5 Å². The summed E-state index contributed by atoms with van der Waals surface area (Å²) in [7, 11) is 0.